The fourth-order valence-electron chi connectivity index (χ4n) is 1.59. The third-order valence-electron chi connectivity index (χ3n) is 2.75. The summed E-state index contributed by atoms with van der Waals surface area (Å²) in [7, 11) is 0. The molecule has 4 heteroatoms. The molecule has 0 spiro atoms. The van der Waals surface area contributed by atoms with Crippen LogP contribution in [0, 0.1) is 6.92 Å². The summed E-state index contributed by atoms with van der Waals surface area (Å²) in [6, 6.07) is 5.47. The number of hydrogen-bond acceptors (Lipinski definition) is 3. The molecule has 0 aliphatic heterocycles. The Hall–Kier alpha value is -1.84. The molecule has 1 atom stereocenters. The highest BCUT2D eigenvalue weighted by atomic mass is 16.3. The molecule has 1 N–H and O–H groups in total. The number of rotatable bonds is 3. The van der Waals surface area contributed by atoms with Crippen molar-refractivity contribution in [3.63, 3.8) is 0 Å². The molecule has 1 aromatic carbocycles. The van der Waals surface area contributed by atoms with Crippen LogP contribution in [0.3, 0.4) is 0 Å². The third kappa shape index (κ3) is 2.46. The lowest BCUT2D eigenvalue weighted by molar-refractivity contribution is 0.0939. The lowest BCUT2D eigenvalue weighted by atomic mass is 10.1. The van der Waals surface area contributed by atoms with E-state index in [2.05, 4.69) is 10.3 Å². The summed E-state index contributed by atoms with van der Waals surface area (Å²) in [5.41, 5.74) is 2.04. The molecule has 1 amide bonds. The molecule has 0 saturated carbocycles. The Bertz CT molecular complexity index is 545. The number of nitrogens with zero attached hydrogens (tertiary/aromatic N) is 1. The number of nitrogens with one attached hydrogen (secondary N) is 1. The van der Waals surface area contributed by atoms with Crippen LogP contribution in [0.1, 0.15) is 36.5 Å². The van der Waals surface area contributed by atoms with E-state index < -0.39 is 0 Å². The van der Waals surface area contributed by atoms with E-state index in [9.17, 15) is 4.79 Å². The number of benzene rings is 1. The van der Waals surface area contributed by atoms with Gasteiger partial charge >= 0.3 is 0 Å². The Labute approximate surface area is 100 Å². The highest BCUT2D eigenvalue weighted by molar-refractivity contribution is 5.97. The molecule has 0 radical (unpaired) electrons. The molecule has 1 heterocycles. The molecule has 0 aliphatic carbocycles. The summed E-state index contributed by atoms with van der Waals surface area (Å²) in [5.74, 6) is 0.537. The van der Waals surface area contributed by atoms with Crippen LogP contribution >= 0.6 is 0 Å². The van der Waals surface area contributed by atoms with Gasteiger partial charge in [-0.3, -0.25) is 4.79 Å². The van der Waals surface area contributed by atoms with E-state index in [-0.39, 0.29) is 11.9 Å². The number of fused-ring (bicyclic) bond motifs is 1. The number of carbonyl (C=O) groups excluding carboxylic acids is 1. The maximum atomic E-state index is 11.9. The van der Waals surface area contributed by atoms with Crippen LogP contribution < -0.4 is 5.32 Å². The maximum absolute atomic E-state index is 11.9. The van der Waals surface area contributed by atoms with E-state index in [0.717, 1.165) is 11.9 Å². The zero-order chi connectivity index (χ0) is 12.4. The minimum Gasteiger partial charge on any atom is -0.441 e. The van der Waals surface area contributed by atoms with Crippen molar-refractivity contribution in [2.24, 2.45) is 0 Å². The minimum absolute atomic E-state index is 0.0738. The fourth-order valence-corrected chi connectivity index (χ4v) is 1.59. The zero-order valence-corrected chi connectivity index (χ0v) is 10.3. The molecule has 0 bridgehead atoms. The predicted molar refractivity (Wildman–Crippen MR) is 66.0 cm³/mol. The van der Waals surface area contributed by atoms with Crippen molar-refractivity contribution in [3.8, 4) is 0 Å². The van der Waals surface area contributed by atoms with E-state index in [0.29, 0.717) is 17.0 Å². The molecule has 90 valence electrons. The van der Waals surface area contributed by atoms with Crippen LogP contribution in [0.15, 0.2) is 22.6 Å². The van der Waals surface area contributed by atoms with Crippen molar-refractivity contribution < 1.29 is 9.21 Å². The van der Waals surface area contributed by atoms with Gasteiger partial charge in [0.1, 0.15) is 5.52 Å². The Balaban J connectivity index is 2.26. The topological polar surface area (TPSA) is 55.1 Å². The van der Waals surface area contributed by atoms with Gasteiger partial charge in [0.2, 0.25) is 0 Å². The summed E-state index contributed by atoms with van der Waals surface area (Å²) in [5, 5.41) is 2.92. The van der Waals surface area contributed by atoms with Crippen LogP contribution in [-0.2, 0) is 0 Å². The van der Waals surface area contributed by atoms with Crippen LogP contribution in [0.4, 0.5) is 0 Å². The molecule has 17 heavy (non-hydrogen) atoms. The molecule has 2 aromatic rings. The number of amides is 1. The van der Waals surface area contributed by atoms with Crippen molar-refractivity contribution in [1.82, 2.24) is 10.3 Å². The Kier molecular flexibility index (Phi) is 3.13. The Morgan fingerprint density at radius 1 is 1.53 bits per heavy atom. The smallest absolute Gasteiger partial charge is 0.251 e. The van der Waals surface area contributed by atoms with E-state index in [1.54, 1.807) is 25.1 Å². The molecule has 1 unspecified atom stereocenters. The molecule has 1 aromatic heterocycles. The van der Waals surface area contributed by atoms with Crippen LogP contribution in [0.25, 0.3) is 11.1 Å². The van der Waals surface area contributed by atoms with Crippen molar-refractivity contribution in [2.75, 3.05) is 0 Å². The number of carbonyl (C=O) groups is 1. The molecule has 0 aliphatic rings. The quantitative estimate of drug-likeness (QED) is 0.885. The maximum Gasteiger partial charge on any atom is 0.251 e. The highest BCUT2D eigenvalue weighted by Gasteiger charge is 2.10. The lowest BCUT2D eigenvalue weighted by Crippen LogP contribution is -2.31. The van der Waals surface area contributed by atoms with Crippen molar-refractivity contribution in [3.05, 3.63) is 29.7 Å². The second-order valence-corrected chi connectivity index (χ2v) is 4.20. The third-order valence-corrected chi connectivity index (χ3v) is 2.75. The van der Waals surface area contributed by atoms with Crippen molar-refractivity contribution >= 4 is 17.0 Å². The SMILES string of the molecule is CCC(C)NC(=O)c1ccc2nc(C)oc2c1. The van der Waals surface area contributed by atoms with Gasteiger partial charge in [0.05, 0.1) is 0 Å². The number of hydrogen-bond donors (Lipinski definition) is 1. The van der Waals surface area contributed by atoms with Gasteiger partial charge in [0, 0.05) is 18.5 Å². The normalized spacial score (nSPS) is 12.6. The first-order valence-corrected chi connectivity index (χ1v) is 5.78. The van der Waals surface area contributed by atoms with Gasteiger partial charge in [-0.2, -0.15) is 0 Å². The second kappa shape index (κ2) is 4.57. The van der Waals surface area contributed by atoms with E-state index >= 15 is 0 Å². The number of aryl methyl sites for hydroxylation is 1. The standard InChI is InChI=1S/C13H16N2O2/c1-4-8(2)14-13(16)10-5-6-11-12(7-10)17-9(3)15-11/h5-8H,4H2,1-3H3,(H,14,16). The first-order chi connectivity index (χ1) is 8.10. The van der Waals surface area contributed by atoms with E-state index in [4.69, 9.17) is 4.42 Å². The average molecular weight is 232 g/mol. The van der Waals surface area contributed by atoms with Crippen molar-refractivity contribution in [1.29, 1.82) is 0 Å². The summed E-state index contributed by atoms with van der Waals surface area (Å²) < 4.78 is 5.40. The van der Waals surface area contributed by atoms with Crippen LogP contribution in [-0.4, -0.2) is 16.9 Å². The van der Waals surface area contributed by atoms with Gasteiger partial charge in [-0.05, 0) is 31.5 Å². The number of aromatic nitrogens is 1. The number of oxazole rings is 1. The van der Waals surface area contributed by atoms with Gasteiger partial charge in [0.15, 0.2) is 11.5 Å². The fraction of sp³-hybridized carbons (Fsp3) is 0.385. The lowest BCUT2D eigenvalue weighted by Gasteiger charge is -2.10. The summed E-state index contributed by atoms with van der Waals surface area (Å²) in [6.07, 6.45) is 0.912. The second-order valence-electron chi connectivity index (χ2n) is 4.20. The first kappa shape index (κ1) is 11.6. The average Bonchev–Trinajstić information content (AvgIpc) is 2.67. The van der Waals surface area contributed by atoms with Crippen LogP contribution in [0.5, 0.6) is 0 Å². The van der Waals surface area contributed by atoms with Gasteiger partial charge in [0.25, 0.3) is 5.91 Å². The van der Waals surface area contributed by atoms with Gasteiger partial charge in [-0.15, -0.1) is 0 Å². The van der Waals surface area contributed by atoms with Gasteiger partial charge in [-0.25, -0.2) is 4.98 Å². The largest absolute Gasteiger partial charge is 0.441 e. The first-order valence-electron chi connectivity index (χ1n) is 5.78. The van der Waals surface area contributed by atoms with E-state index in [1.807, 2.05) is 13.8 Å². The van der Waals surface area contributed by atoms with Crippen molar-refractivity contribution in [2.45, 2.75) is 33.2 Å². The Morgan fingerprint density at radius 3 is 3.00 bits per heavy atom. The zero-order valence-electron chi connectivity index (χ0n) is 10.3. The summed E-state index contributed by atoms with van der Waals surface area (Å²) in [4.78, 5) is 16.1. The molecular formula is C13H16N2O2. The molecule has 0 saturated heterocycles. The molecule has 2 rings (SSSR count). The summed E-state index contributed by atoms with van der Waals surface area (Å²) in [6.45, 7) is 5.81. The Morgan fingerprint density at radius 2 is 2.29 bits per heavy atom. The van der Waals surface area contributed by atoms with Crippen LogP contribution in [0.2, 0.25) is 0 Å². The summed E-state index contributed by atoms with van der Waals surface area (Å²) >= 11 is 0. The molecule has 4 nitrogen and oxygen atoms in total. The molecular weight excluding hydrogens is 216 g/mol. The van der Waals surface area contributed by atoms with Gasteiger partial charge in [-0.1, -0.05) is 6.92 Å². The predicted octanol–water partition coefficient (Wildman–Crippen LogP) is 2.66. The monoisotopic (exact) mass is 232 g/mol. The molecule has 0 fully saturated rings. The van der Waals surface area contributed by atoms with Gasteiger partial charge < -0.3 is 9.73 Å². The highest BCUT2D eigenvalue weighted by Crippen LogP contribution is 2.16. The minimum atomic E-state index is -0.0738. The van der Waals surface area contributed by atoms with E-state index in [1.165, 1.54) is 0 Å².